The van der Waals surface area contributed by atoms with Gasteiger partial charge in [-0.25, -0.2) is 4.98 Å². The first kappa shape index (κ1) is 40.3. The quantitative estimate of drug-likeness (QED) is 0.0755. The zero-order valence-electron chi connectivity index (χ0n) is 30.5. The van der Waals surface area contributed by atoms with E-state index in [9.17, 15) is 36.3 Å². The predicted molar refractivity (Wildman–Crippen MR) is 197 cm³/mol. The van der Waals surface area contributed by atoms with Gasteiger partial charge in [0, 0.05) is 30.1 Å². The highest BCUT2D eigenvalue weighted by molar-refractivity contribution is 5.99. The van der Waals surface area contributed by atoms with E-state index in [0.29, 0.717) is 37.4 Å². The maximum absolute atomic E-state index is 13.9. The Morgan fingerprint density at radius 1 is 0.963 bits per heavy atom. The number of carbonyl (C=O) groups is 3. The standard InChI is InChI=1S/C39H46F5N7O3/c1-23-19-28(34(52)46-17-4-18-51(2)3)13-15-30(23)26-9-5-24(6-10-26)20-33(48-35(53)27-11-7-25(22-45)8-12-27)36(54)47-29-14-16-31-32(21-29)50-37(49-31)38(40,41)39(42,43)44/h5-6,9-10,13-16,19,21,25,27,33H,4,7-8,11-12,17-18,20,22,45H2,1-3H3,(H,46,52)(H,47,54)(H,48,53)(H,49,50)/t25-,27-,33-/m0/s1. The Balaban J connectivity index is 1.31. The number of alkyl halides is 5. The van der Waals surface area contributed by atoms with Crippen LogP contribution in [0.25, 0.3) is 22.2 Å². The zero-order valence-corrected chi connectivity index (χ0v) is 30.5. The number of anilines is 1. The van der Waals surface area contributed by atoms with Crippen molar-refractivity contribution in [3.63, 3.8) is 0 Å². The lowest BCUT2D eigenvalue weighted by atomic mass is 9.81. The summed E-state index contributed by atoms with van der Waals surface area (Å²) in [6.45, 7) is 3.90. The number of amides is 3. The van der Waals surface area contributed by atoms with E-state index < -0.39 is 29.9 Å². The maximum atomic E-state index is 13.9. The minimum Gasteiger partial charge on any atom is -0.352 e. The van der Waals surface area contributed by atoms with E-state index in [1.807, 2.05) is 62.4 Å². The molecular weight excluding hydrogens is 709 g/mol. The average molecular weight is 756 g/mol. The molecule has 0 bridgehead atoms. The monoisotopic (exact) mass is 755 g/mol. The van der Waals surface area contributed by atoms with Crippen LogP contribution in [0.15, 0.2) is 60.7 Å². The van der Waals surface area contributed by atoms with Crippen molar-refractivity contribution in [1.82, 2.24) is 25.5 Å². The van der Waals surface area contributed by atoms with Gasteiger partial charge in [-0.2, -0.15) is 22.0 Å². The summed E-state index contributed by atoms with van der Waals surface area (Å²) in [6, 6.07) is 15.7. The molecule has 3 aromatic carbocycles. The molecule has 1 atom stereocenters. The van der Waals surface area contributed by atoms with Crippen LogP contribution in [-0.2, 0) is 21.9 Å². The van der Waals surface area contributed by atoms with Crippen LogP contribution in [0.2, 0.25) is 0 Å². The van der Waals surface area contributed by atoms with E-state index in [-0.39, 0.29) is 40.9 Å². The normalized spacial score (nSPS) is 17.0. The lowest BCUT2D eigenvalue weighted by Crippen LogP contribution is -2.48. The fourth-order valence-corrected chi connectivity index (χ4v) is 6.64. The van der Waals surface area contributed by atoms with Gasteiger partial charge >= 0.3 is 12.1 Å². The van der Waals surface area contributed by atoms with Crippen molar-refractivity contribution in [3.05, 3.63) is 83.2 Å². The van der Waals surface area contributed by atoms with E-state index in [1.54, 1.807) is 6.07 Å². The number of fused-ring (bicyclic) bond motifs is 1. The first-order valence-corrected chi connectivity index (χ1v) is 17.9. The fourth-order valence-electron chi connectivity index (χ4n) is 6.64. The molecule has 1 aromatic heterocycles. The molecule has 1 aliphatic carbocycles. The second kappa shape index (κ2) is 17.1. The number of H-pyrrole nitrogens is 1. The molecule has 0 radical (unpaired) electrons. The number of nitrogens with one attached hydrogen (secondary N) is 4. The zero-order chi connectivity index (χ0) is 39.2. The van der Waals surface area contributed by atoms with E-state index in [4.69, 9.17) is 5.73 Å². The van der Waals surface area contributed by atoms with Gasteiger partial charge in [-0.1, -0.05) is 30.3 Å². The highest BCUT2D eigenvalue weighted by Crippen LogP contribution is 2.43. The molecule has 6 N–H and O–H groups in total. The van der Waals surface area contributed by atoms with Gasteiger partial charge in [0.05, 0.1) is 11.0 Å². The number of nitrogens with two attached hydrogens (primary N) is 1. The van der Waals surface area contributed by atoms with Crippen LogP contribution in [0, 0.1) is 18.8 Å². The van der Waals surface area contributed by atoms with Gasteiger partial charge in [0.1, 0.15) is 6.04 Å². The summed E-state index contributed by atoms with van der Waals surface area (Å²) in [5.41, 5.74) is 9.64. The Labute approximate surface area is 310 Å². The Morgan fingerprint density at radius 2 is 1.67 bits per heavy atom. The van der Waals surface area contributed by atoms with E-state index in [0.717, 1.165) is 48.1 Å². The van der Waals surface area contributed by atoms with Crippen LogP contribution < -0.4 is 21.7 Å². The Morgan fingerprint density at radius 3 is 2.30 bits per heavy atom. The van der Waals surface area contributed by atoms with Gasteiger partial charge in [-0.3, -0.25) is 14.4 Å². The van der Waals surface area contributed by atoms with Gasteiger partial charge < -0.3 is 31.6 Å². The molecule has 0 saturated heterocycles. The largest absolute Gasteiger partial charge is 0.461 e. The number of aryl methyl sites for hydroxylation is 1. The van der Waals surface area contributed by atoms with Crippen molar-refractivity contribution < 1.29 is 36.3 Å². The smallest absolute Gasteiger partial charge is 0.352 e. The number of carbonyl (C=O) groups excluding carboxylic acids is 3. The number of aromatic amines is 1. The van der Waals surface area contributed by atoms with Crippen molar-refractivity contribution in [1.29, 1.82) is 0 Å². The van der Waals surface area contributed by atoms with Gasteiger partial charge in [0.2, 0.25) is 11.8 Å². The third-order valence-corrected chi connectivity index (χ3v) is 9.85. The third kappa shape index (κ3) is 9.80. The molecule has 1 aliphatic rings. The number of aromatic nitrogens is 2. The van der Waals surface area contributed by atoms with Crippen molar-refractivity contribution in [2.24, 2.45) is 17.6 Å². The van der Waals surface area contributed by atoms with Gasteiger partial charge in [-0.15, -0.1) is 0 Å². The van der Waals surface area contributed by atoms with Gasteiger partial charge in [0.25, 0.3) is 5.91 Å². The Hall–Kier alpha value is -4.89. The SMILES string of the molecule is Cc1cc(C(=O)NCCCN(C)C)ccc1-c1ccc(C[C@H](NC(=O)[C@H]2CC[C@H](CN)CC2)C(=O)Nc2ccc3[nH]c(C(F)(F)C(F)(F)F)nc3c2)cc1. The predicted octanol–water partition coefficient (Wildman–Crippen LogP) is 6.31. The summed E-state index contributed by atoms with van der Waals surface area (Å²) < 4.78 is 66.7. The molecule has 15 heteroatoms. The van der Waals surface area contributed by atoms with Crippen molar-refractivity contribution >= 4 is 34.4 Å². The summed E-state index contributed by atoms with van der Waals surface area (Å²) in [7, 11) is 3.96. The molecule has 0 spiro atoms. The fraction of sp³-hybridized carbons (Fsp3) is 0.436. The van der Waals surface area contributed by atoms with Gasteiger partial charge in [0.15, 0.2) is 5.82 Å². The van der Waals surface area contributed by atoms with Crippen LogP contribution in [-0.4, -0.2) is 78.5 Å². The molecule has 0 aliphatic heterocycles. The summed E-state index contributed by atoms with van der Waals surface area (Å²) in [4.78, 5) is 47.3. The summed E-state index contributed by atoms with van der Waals surface area (Å²) >= 11 is 0. The van der Waals surface area contributed by atoms with Crippen LogP contribution >= 0.6 is 0 Å². The summed E-state index contributed by atoms with van der Waals surface area (Å²) in [5.74, 6) is -7.75. The number of rotatable bonds is 14. The maximum Gasteiger partial charge on any atom is 0.461 e. The number of imidazole rings is 1. The summed E-state index contributed by atoms with van der Waals surface area (Å²) in [6.07, 6.45) is -2.04. The Bertz CT molecular complexity index is 1940. The molecular formula is C39H46F5N7O3. The highest BCUT2D eigenvalue weighted by atomic mass is 19.4. The number of halogens is 5. The molecule has 5 rings (SSSR count). The minimum absolute atomic E-state index is 0.0753. The number of benzene rings is 3. The second-order valence-corrected chi connectivity index (χ2v) is 14.2. The van der Waals surface area contributed by atoms with E-state index >= 15 is 0 Å². The first-order chi connectivity index (χ1) is 25.5. The second-order valence-electron chi connectivity index (χ2n) is 14.2. The molecule has 0 unspecified atom stereocenters. The molecule has 3 amide bonds. The van der Waals surface area contributed by atoms with Crippen LogP contribution in [0.4, 0.5) is 27.6 Å². The molecule has 1 saturated carbocycles. The van der Waals surface area contributed by atoms with E-state index in [1.165, 1.54) is 18.2 Å². The first-order valence-electron chi connectivity index (χ1n) is 17.9. The highest BCUT2D eigenvalue weighted by Gasteiger charge is 2.61. The molecule has 1 heterocycles. The molecule has 4 aromatic rings. The number of hydrogen-bond donors (Lipinski definition) is 5. The minimum atomic E-state index is -5.85. The Kier molecular flexibility index (Phi) is 12.7. The van der Waals surface area contributed by atoms with Crippen molar-refractivity contribution in [3.8, 4) is 11.1 Å². The van der Waals surface area contributed by atoms with Crippen LogP contribution in [0.1, 0.15) is 59.4 Å². The summed E-state index contributed by atoms with van der Waals surface area (Å²) in [5, 5.41) is 8.51. The van der Waals surface area contributed by atoms with Crippen molar-refractivity contribution in [2.45, 2.75) is 63.6 Å². The van der Waals surface area contributed by atoms with E-state index in [2.05, 4.69) is 25.8 Å². The molecule has 10 nitrogen and oxygen atoms in total. The third-order valence-electron chi connectivity index (χ3n) is 9.85. The molecule has 1 fully saturated rings. The lowest BCUT2D eigenvalue weighted by molar-refractivity contribution is -0.292. The molecule has 290 valence electrons. The average Bonchev–Trinajstić information content (AvgIpc) is 3.57. The number of nitrogens with zero attached hydrogens (tertiary/aromatic N) is 2. The number of hydrogen-bond acceptors (Lipinski definition) is 6. The van der Waals surface area contributed by atoms with Crippen molar-refractivity contribution in [2.75, 3.05) is 39.0 Å². The van der Waals surface area contributed by atoms with Crippen LogP contribution in [0.5, 0.6) is 0 Å². The topological polar surface area (TPSA) is 145 Å². The van der Waals surface area contributed by atoms with Crippen LogP contribution in [0.3, 0.4) is 0 Å². The molecule has 54 heavy (non-hydrogen) atoms. The van der Waals surface area contributed by atoms with Gasteiger partial charge in [-0.05, 0) is 125 Å². The lowest BCUT2D eigenvalue weighted by Gasteiger charge is -2.28.